The van der Waals surface area contributed by atoms with Crippen molar-refractivity contribution in [3.05, 3.63) is 0 Å². The summed E-state index contributed by atoms with van der Waals surface area (Å²) in [5.74, 6) is 2.06. The predicted molar refractivity (Wildman–Crippen MR) is 60.2 cm³/mol. The van der Waals surface area contributed by atoms with Crippen LogP contribution in [0.25, 0.3) is 0 Å². The van der Waals surface area contributed by atoms with Gasteiger partial charge in [-0.15, -0.1) is 0 Å². The Bertz CT molecular complexity index is 160. The summed E-state index contributed by atoms with van der Waals surface area (Å²) in [6.45, 7) is 8.02. The van der Waals surface area contributed by atoms with E-state index in [1.807, 2.05) is 0 Å². The Kier molecular flexibility index (Phi) is 4.90. The molecular formula is C12H25NO. The lowest BCUT2D eigenvalue weighted by Crippen LogP contribution is -2.41. The lowest BCUT2D eigenvalue weighted by atomic mass is 9.80. The van der Waals surface area contributed by atoms with E-state index in [4.69, 9.17) is 5.11 Å². The molecule has 1 fully saturated rings. The van der Waals surface area contributed by atoms with Crippen molar-refractivity contribution in [3.8, 4) is 0 Å². The molecule has 2 heteroatoms. The molecule has 2 N–H and O–H groups in total. The number of nitrogens with one attached hydrogen (secondary N) is 1. The van der Waals surface area contributed by atoms with Crippen molar-refractivity contribution in [2.75, 3.05) is 13.2 Å². The standard InChI is InChI=1S/C12H25NO/c1-9-4-5-11(3)12(6-9)13-7-10(2)8-14/h9-14H,4-8H2,1-3H3. The zero-order valence-electron chi connectivity index (χ0n) is 9.79. The first-order chi connectivity index (χ1) is 6.63. The Morgan fingerprint density at radius 1 is 1.36 bits per heavy atom. The molecule has 1 saturated carbocycles. The largest absolute Gasteiger partial charge is 0.396 e. The predicted octanol–water partition coefficient (Wildman–Crippen LogP) is 2.03. The minimum atomic E-state index is 0.295. The van der Waals surface area contributed by atoms with E-state index >= 15 is 0 Å². The van der Waals surface area contributed by atoms with E-state index in [9.17, 15) is 0 Å². The molecule has 14 heavy (non-hydrogen) atoms. The van der Waals surface area contributed by atoms with Crippen molar-refractivity contribution in [2.45, 2.75) is 46.1 Å². The summed E-state index contributed by atoms with van der Waals surface area (Å²) in [6.07, 6.45) is 4.04. The van der Waals surface area contributed by atoms with Gasteiger partial charge in [0.25, 0.3) is 0 Å². The van der Waals surface area contributed by atoms with Crippen molar-refractivity contribution >= 4 is 0 Å². The molecule has 4 unspecified atom stereocenters. The molecule has 1 rings (SSSR count). The Labute approximate surface area is 88.1 Å². The van der Waals surface area contributed by atoms with Gasteiger partial charge in [0.15, 0.2) is 0 Å². The molecule has 0 aromatic rings. The normalized spacial score (nSPS) is 35.6. The average molecular weight is 199 g/mol. The van der Waals surface area contributed by atoms with Gasteiger partial charge in [-0.25, -0.2) is 0 Å². The molecule has 0 aliphatic heterocycles. The lowest BCUT2D eigenvalue weighted by molar-refractivity contribution is 0.196. The second kappa shape index (κ2) is 5.72. The van der Waals surface area contributed by atoms with Crippen LogP contribution in [0.4, 0.5) is 0 Å². The Morgan fingerprint density at radius 2 is 2.07 bits per heavy atom. The van der Waals surface area contributed by atoms with Crippen LogP contribution in [-0.4, -0.2) is 24.3 Å². The fraction of sp³-hybridized carbons (Fsp3) is 1.00. The fourth-order valence-electron chi connectivity index (χ4n) is 2.23. The number of rotatable bonds is 4. The molecule has 0 saturated heterocycles. The van der Waals surface area contributed by atoms with E-state index in [1.54, 1.807) is 0 Å². The molecule has 0 aromatic carbocycles. The van der Waals surface area contributed by atoms with Crippen LogP contribution in [0, 0.1) is 17.8 Å². The van der Waals surface area contributed by atoms with Gasteiger partial charge in [0.05, 0.1) is 0 Å². The topological polar surface area (TPSA) is 32.3 Å². The van der Waals surface area contributed by atoms with Crippen LogP contribution >= 0.6 is 0 Å². The van der Waals surface area contributed by atoms with Crippen LogP contribution in [0.5, 0.6) is 0 Å². The van der Waals surface area contributed by atoms with Gasteiger partial charge in [-0.1, -0.05) is 27.2 Å². The van der Waals surface area contributed by atoms with E-state index in [0.717, 1.165) is 18.4 Å². The summed E-state index contributed by atoms with van der Waals surface area (Å²) in [7, 11) is 0. The molecule has 0 aromatic heterocycles. The Balaban J connectivity index is 2.27. The Morgan fingerprint density at radius 3 is 2.71 bits per heavy atom. The average Bonchev–Trinajstić information content (AvgIpc) is 2.19. The summed E-state index contributed by atoms with van der Waals surface area (Å²) in [5, 5.41) is 12.5. The first-order valence-corrected chi connectivity index (χ1v) is 5.97. The number of hydrogen-bond acceptors (Lipinski definition) is 2. The van der Waals surface area contributed by atoms with Gasteiger partial charge in [-0.3, -0.25) is 0 Å². The zero-order chi connectivity index (χ0) is 10.6. The van der Waals surface area contributed by atoms with Gasteiger partial charge >= 0.3 is 0 Å². The van der Waals surface area contributed by atoms with Crippen molar-refractivity contribution in [2.24, 2.45) is 17.8 Å². The highest BCUT2D eigenvalue weighted by Crippen LogP contribution is 2.28. The van der Waals surface area contributed by atoms with Gasteiger partial charge in [-0.05, 0) is 30.6 Å². The lowest BCUT2D eigenvalue weighted by Gasteiger charge is -2.34. The van der Waals surface area contributed by atoms with Crippen LogP contribution in [-0.2, 0) is 0 Å². The number of aliphatic hydroxyl groups is 1. The van der Waals surface area contributed by atoms with Crippen LogP contribution in [0.2, 0.25) is 0 Å². The second-order valence-electron chi connectivity index (χ2n) is 5.20. The SMILES string of the molecule is CC(CO)CNC1CC(C)CCC1C. The Hall–Kier alpha value is -0.0800. The molecule has 84 valence electrons. The maximum atomic E-state index is 8.94. The number of hydrogen-bond donors (Lipinski definition) is 2. The molecule has 1 aliphatic carbocycles. The minimum absolute atomic E-state index is 0.295. The van der Waals surface area contributed by atoms with Gasteiger partial charge in [0, 0.05) is 19.2 Å². The van der Waals surface area contributed by atoms with Crippen LogP contribution < -0.4 is 5.32 Å². The first-order valence-electron chi connectivity index (χ1n) is 5.97. The van der Waals surface area contributed by atoms with Gasteiger partial charge in [0.2, 0.25) is 0 Å². The molecule has 2 nitrogen and oxygen atoms in total. The fourth-order valence-corrected chi connectivity index (χ4v) is 2.23. The van der Waals surface area contributed by atoms with E-state index < -0.39 is 0 Å². The summed E-state index contributed by atoms with van der Waals surface area (Å²) in [4.78, 5) is 0. The summed E-state index contributed by atoms with van der Waals surface area (Å²) < 4.78 is 0. The third-order valence-electron chi connectivity index (χ3n) is 3.50. The highest BCUT2D eigenvalue weighted by atomic mass is 16.3. The van der Waals surface area contributed by atoms with Crippen LogP contribution in [0.3, 0.4) is 0 Å². The first kappa shape index (κ1) is 12.0. The van der Waals surface area contributed by atoms with Gasteiger partial charge in [0.1, 0.15) is 0 Å². The molecule has 1 aliphatic rings. The number of aliphatic hydroxyl groups excluding tert-OH is 1. The molecule has 0 bridgehead atoms. The van der Waals surface area contributed by atoms with Crippen molar-refractivity contribution in [3.63, 3.8) is 0 Å². The summed E-state index contributed by atoms with van der Waals surface area (Å²) in [6, 6.07) is 0.674. The minimum Gasteiger partial charge on any atom is -0.396 e. The van der Waals surface area contributed by atoms with E-state index in [1.165, 1.54) is 19.3 Å². The third-order valence-corrected chi connectivity index (χ3v) is 3.50. The quantitative estimate of drug-likeness (QED) is 0.726. The monoisotopic (exact) mass is 199 g/mol. The van der Waals surface area contributed by atoms with Crippen LogP contribution in [0.15, 0.2) is 0 Å². The van der Waals surface area contributed by atoms with E-state index in [-0.39, 0.29) is 0 Å². The maximum Gasteiger partial charge on any atom is 0.0468 e. The summed E-state index contributed by atoms with van der Waals surface area (Å²) >= 11 is 0. The molecule has 0 amide bonds. The second-order valence-corrected chi connectivity index (χ2v) is 5.20. The molecule has 0 spiro atoms. The highest BCUT2D eigenvalue weighted by molar-refractivity contribution is 4.81. The van der Waals surface area contributed by atoms with E-state index in [0.29, 0.717) is 18.6 Å². The van der Waals surface area contributed by atoms with Crippen molar-refractivity contribution in [1.29, 1.82) is 0 Å². The van der Waals surface area contributed by atoms with Gasteiger partial charge < -0.3 is 10.4 Å². The van der Waals surface area contributed by atoms with E-state index in [2.05, 4.69) is 26.1 Å². The van der Waals surface area contributed by atoms with Crippen molar-refractivity contribution < 1.29 is 5.11 Å². The van der Waals surface area contributed by atoms with Gasteiger partial charge in [-0.2, -0.15) is 0 Å². The van der Waals surface area contributed by atoms with Crippen LogP contribution in [0.1, 0.15) is 40.0 Å². The third kappa shape index (κ3) is 3.58. The molecule has 0 heterocycles. The smallest absolute Gasteiger partial charge is 0.0468 e. The maximum absolute atomic E-state index is 8.94. The molecule has 0 radical (unpaired) electrons. The molecule has 4 atom stereocenters. The zero-order valence-corrected chi connectivity index (χ0v) is 9.79. The molecular weight excluding hydrogens is 174 g/mol. The summed E-state index contributed by atoms with van der Waals surface area (Å²) in [5.41, 5.74) is 0. The van der Waals surface area contributed by atoms with Crippen molar-refractivity contribution in [1.82, 2.24) is 5.32 Å². The highest BCUT2D eigenvalue weighted by Gasteiger charge is 2.24.